The van der Waals surface area contributed by atoms with Gasteiger partial charge in [-0.2, -0.15) is 5.10 Å². The number of H-pyrrole nitrogens is 1. The molecule has 1 saturated heterocycles. The lowest BCUT2D eigenvalue weighted by Gasteiger charge is -2.26. The predicted molar refractivity (Wildman–Crippen MR) is 123 cm³/mol. The summed E-state index contributed by atoms with van der Waals surface area (Å²) in [6.45, 7) is 5.04. The van der Waals surface area contributed by atoms with Crippen LogP contribution in [-0.4, -0.2) is 60.7 Å². The molecule has 0 aliphatic carbocycles. The average Bonchev–Trinajstić information content (AvgIpc) is 3.39. The van der Waals surface area contributed by atoms with Gasteiger partial charge in [-0.25, -0.2) is 0 Å². The van der Waals surface area contributed by atoms with Crippen molar-refractivity contribution in [2.75, 3.05) is 39.8 Å². The number of aromatic amines is 1. The van der Waals surface area contributed by atoms with Crippen LogP contribution in [0.1, 0.15) is 28.0 Å². The number of hydrogen-bond acceptors (Lipinski definition) is 6. The first-order valence-corrected chi connectivity index (χ1v) is 10.7. The van der Waals surface area contributed by atoms with Gasteiger partial charge in [0.05, 0.1) is 23.9 Å². The Hall–Kier alpha value is -3.60. The summed E-state index contributed by atoms with van der Waals surface area (Å²) >= 11 is 0. The van der Waals surface area contributed by atoms with Crippen LogP contribution in [0, 0.1) is 11.8 Å². The Labute approximate surface area is 186 Å². The molecule has 2 aliphatic heterocycles. The zero-order valence-corrected chi connectivity index (χ0v) is 17.9. The van der Waals surface area contributed by atoms with E-state index in [4.69, 9.17) is 9.47 Å². The second-order valence-corrected chi connectivity index (χ2v) is 7.76. The molecule has 32 heavy (non-hydrogen) atoms. The molecular formula is C25H24N4O3. The van der Waals surface area contributed by atoms with Gasteiger partial charge in [-0.1, -0.05) is 30.0 Å². The summed E-state index contributed by atoms with van der Waals surface area (Å²) in [7, 11) is 1.59. The minimum absolute atomic E-state index is 0.182. The Bertz CT molecular complexity index is 1260. The van der Waals surface area contributed by atoms with Gasteiger partial charge in [0.1, 0.15) is 11.3 Å². The first-order chi connectivity index (χ1) is 15.7. The molecule has 7 nitrogen and oxygen atoms in total. The molecule has 2 N–H and O–H groups in total. The summed E-state index contributed by atoms with van der Waals surface area (Å²) < 4.78 is 11.5. The number of benzene rings is 2. The second-order valence-electron chi connectivity index (χ2n) is 7.76. The van der Waals surface area contributed by atoms with Crippen LogP contribution in [0.15, 0.2) is 42.2 Å². The third kappa shape index (κ3) is 3.86. The van der Waals surface area contributed by atoms with E-state index in [1.807, 2.05) is 24.3 Å². The molecule has 7 heteroatoms. The number of para-hydroxylation sites is 1. The zero-order valence-electron chi connectivity index (χ0n) is 17.9. The number of nitrogens with one attached hydrogen (secondary N) is 2. The molecule has 0 radical (unpaired) electrons. The van der Waals surface area contributed by atoms with Gasteiger partial charge in [0.25, 0.3) is 0 Å². The minimum Gasteiger partial charge on any atom is -0.495 e. The highest BCUT2D eigenvalue weighted by Crippen LogP contribution is 2.39. The third-order valence-corrected chi connectivity index (χ3v) is 5.76. The Balaban J connectivity index is 1.42. The monoisotopic (exact) mass is 428 g/mol. The molecule has 0 bridgehead atoms. The molecule has 0 amide bonds. The Morgan fingerprint density at radius 3 is 2.91 bits per heavy atom. The van der Waals surface area contributed by atoms with Gasteiger partial charge < -0.3 is 14.8 Å². The number of methoxy groups -OCH3 is 1. The van der Waals surface area contributed by atoms with Crippen molar-refractivity contribution in [3.63, 3.8) is 0 Å². The van der Waals surface area contributed by atoms with Crippen LogP contribution in [0.25, 0.3) is 17.0 Å². The van der Waals surface area contributed by atoms with Gasteiger partial charge in [-0.05, 0) is 18.2 Å². The number of piperazine rings is 1. The fourth-order valence-electron chi connectivity index (χ4n) is 4.04. The first kappa shape index (κ1) is 20.3. The maximum Gasteiger partial charge on any atom is 0.232 e. The first-order valence-electron chi connectivity index (χ1n) is 10.7. The highest BCUT2D eigenvalue weighted by Gasteiger charge is 2.31. The minimum atomic E-state index is -0.182. The number of ketones is 1. The van der Waals surface area contributed by atoms with E-state index in [9.17, 15) is 4.79 Å². The number of aromatic nitrogens is 2. The molecule has 0 atom stereocenters. The van der Waals surface area contributed by atoms with Crippen molar-refractivity contribution in [2.45, 2.75) is 6.42 Å². The maximum absolute atomic E-state index is 13.0. The lowest BCUT2D eigenvalue weighted by Crippen LogP contribution is -2.43. The fourth-order valence-corrected chi connectivity index (χ4v) is 4.04. The highest BCUT2D eigenvalue weighted by molar-refractivity contribution is 6.15. The smallest absolute Gasteiger partial charge is 0.232 e. The molecule has 2 aromatic carbocycles. The molecule has 3 heterocycles. The number of fused-ring (bicyclic) bond motifs is 2. The molecule has 162 valence electrons. The van der Waals surface area contributed by atoms with Crippen LogP contribution in [0.3, 0.4) is 0 Å². The number of carbonyl (C=O) groups is 1. The molecule has 1 aromatic heterocycles. The lowest BCUT2D eigenvalue weighted by atomic mass is 10.0. The van der Waals surface area contributed by atoms with Gasteiger partial charge in [0.2, 0.25) is 5.78 Å². The summed E-state index contributed by atoms with van der Waals surface area (Å²) in [6.07, 6.45) is 2.41. The summed E-state index contributed by atoms with van der Waals surface area (Å²) in [6, 6.07) is 11.3. The van der Waals surface area contributed by atoms with Gasteiger partial charge in [-0.15, -0.1) is 0 Å². The Morgan fingerprint density at radius 1 is 1.22 bits per heavy atom. The quantitative estimate of drug-likeness (QED) is 0.492. The lowest BCUT2D eigenvalue weighted by molar-refractivity contribution is 0.101. The van der Waals surface area contributed by atoms with Crippen molar-refractivity contribution in [3.8, 4) is 23.3 Å². The van der Waals surface area contributed by atoms with Crippen LogP contribution in [0.2, 0.25) is 0 Å². The molecule has 3 aromatic rings. The maximum atomic E-state index is 13.0. The van der Waals surface area contributed by atoms with Crippen LogP contribution >= 0.6 is 0 Å². The number of allylic oxidation sites excluding steroid dienone is 1. The zero-order chi connectivity index (χ0) is 21.9. The molecule has 1 fully saturated rings. The summed E-state index contributed by atoms with van der Waals surface area (Å²) in [5, 5.41) is 11.6. The van der Waals surface area contributed by atoms with E-state index in [1.54, 1.807) is 25.3 Å². The second kappa shape index (κ2) is 8.87. The number of ether oxygens (including phenoxy) is 2. The number of nitrogens with zero attached hydrogens (tertiary/aromatic N) is 2. The molecule has 0 spiro atoms. The van der Waals surface area contributed by atoms with Crippen LogP contribution in [-0.2, 0) is 0 Å². The highest BCUT2D eigenvalue weighted by atomic mass is 16.5. The van der Waals surface area contributed by atoms with E-state index >= 15 is 0 Å². The van der Waals surface area contributed by atoms with Crippen molar-refractivity contribution < 1.29 is 14.3 Å². The van der Waals surface area contributed by atoms with E-state index in [1.165, 1.54) is 0 Å². The van der Waals surface area contributed by atoms with Gasteiger partial charge in [0.15, 0.2) is 11.5 Å². The molecular weight excluding hydrogens is 404 g/mol. The van der Waals surface area contributed by atoms with E-state index in [0.717, 1.165) is 50.0 Å². The van der Waals surface area contributed by atoms with Crippen LogP contribution < -0.4 is 14.8 Å². The third-order valence-electron chi connectivity index (χ3n) is 5.76. The summed E-state index contributed by atoms with van der Waals surface area (Å²) in [4.78, 5) is 15.4. The number of carbonyl (C=O) groups excluding carboxylic acids is 1. The molecule has 2 aliphatic rings. The number of hydrogen-bond donors (Lipinski definition) is 2. The molecule has 5 rings (SSSR count). The van der Waals surface area contributed by atoms with Gasteiger partial charge in [-0.3, -0.25) is 14.8 Å². The Kier molecular flexibility index (Phi) is 5.63. The fraction of sp³-hybridized carbons (Fsp3) is 0.280. The molecule has 0 unspecified atom stereocenters. The largest absolute Gasteiger partial charge is 0.495 e. The van der Waals surface area contributed by atoms with Gasteiger partial charge >= 0.3 is 0 Å². The van der Waals surface area contributed by atoms with Crippen molar-refractivity contribution in [1.82, 2.24) is 20.4 Å². The predicted octanol–water partition coefficient (Wildman–Crippen LogP) is 2.83. The van der Waals surface area contributed by atoms with E-state index in [0.29, 0.717) is 28.3 Å². The van der Waals surface area contributed by atoms with E-state index in [-0.39, 0.29) is 11.5 Å². The average molecular weight is 428 g/mol. The van der Waals surface area contributed by atoms with Crippen molar-refractivity contribution in [2.24, 2.45) is 0 Å². The molecule has 0 saturated carbocycles. The summed E-state index contributed by atoms with van der Waals surface area (Å²) in [5.74, 6) is 7.52. The topological polar surface area (TPSA) is 79.5 Å². The van der Waals surface area contributed by atoms with Crippen LogP contribution in [0.5, 0.6) is 11.5 Å². The normalized spacial score (nSPS) is 17.2. The SMILES string of the molecule is COc1ccc2c(c1C#CCCN1CCNCC1)O/C(=C\c1n[nH]c3ccccc13)C2=O. The van der Waals surface area contributed by atoms with E-state index < -0.39 is 0 Å². The van der Waals surface area contributed by atoms with E-state index in [2.05, 4.69) is 32.3 Å². The summed E-state index contributed by atoms with van der Waals surface area (Å²) in [5.41, 5.74) is 2.66. The van der Waals surface area contributed by atoms with Crippen molar-refractivity contribution in [1.29, 1.82) is 0 Å². The Morgan fingerprint density at radius 2 is 2.06 bits per heavy atom. The van der Waals surface area contributed by atoms with Crippen molar-refractivity contribution in [3.05, 3.63) is 59.0 Å². The van der Waals surface area contributed by atoms with Crippen LogP contribution in [0.4, 0.5) is 0 Å². The number of Topliss-reactive ketones (excluding diaryl/α,β-unsaturated/α-hetero) is 1. The van der Waals surface area contributed by atoms with Crippen molar-refractivity contribution >= 4 is 22.8 Å². The number of rotatable bonds is 4. The standard InChI is InChI=1S/C25H24N4O3/c1-31-22-10-9-19-24(30)23(16-21-17-6-2-3-8-20(17)27-28-21)32-25(19)18(22)7-4-5-13-29-14-11-26-12-15-29/h2-3,6,8-10,16,26H,5,11-15H2,1H3,(H,27,28)/b23-16-. The van der Waals surface area contributed by atoms with Gasteiger partial charge in [0, 0.05) is 50.6 Å².